The van der Waals surface area contributed by atoms with Crippen LogP contribution >= 0.6 is 0 Å². The molecule has 2 fully saturated rings. The minimum Gasteiger partial charge on any atom is -0.480 e. The number of aliphatic carboxylic acids is 1. The van der Waals surface area contributed by atoms with Crippen molar-refractivity contribution in [2.45, 2.75) is 50.7 Å². The average Bonchev–Trinajstić information content (AvgIpc) is 2.98. The summed E-state index contributed by atoms with van der Waals surface area (Å²) in [6.45, 7) is 0.630. The Morgan fingerprint density at radius 3 is 3.00 bits per heavy atom. The summed E-state index contributed by atoms with van der Waals surface area (Å²) < 4.78 is 5.37. The fourth-order valence-electron chi connectivity index (χ4n) is 3.61. The molecule has 4 nitrogen and oxygen atoms in total. The van der Waals surface area contributed by atoms with Crippen molar-refractivity contribution in [1.82, 2.24) is 4.90 Å². The molecule has 0 amide bonds. The normalized spacial score (nSPS) is 32.3. The highest BCUT2D eigenvalue weighted by molar-refractivity contribution is 5.74. The number of furan rings is 1. The van der Waals surface area contributed by atoms with E-state index in [2.05, 4.69) is 4.90 Å². The number of hydrogen-bond donors (Lipinski definition) is 1. The molecule has 4 heteroatoms. The molecule has 1 saturated carbocycles. The summed E-state index contributed by atoms with van der Waals surface area (Å²) in [6.07, 6.45) is 7.25. The molecule has 1 aliphatic carbocycles. The molecule has 0 bridgehead atoms. The van der Waals surface area contributed by atoms with Gasteiger partial charge in [-0.1, -0.05) is 12.8 Å². The van der Waals surface area contributed by atoms with Gasteiger partial charge in [0, 0.05) is 6.04 Å². The summed E-state index contributed by atoms with van der Waals surface area (Å²) >= 11 is 0. The van der Waals surface area contributed by atoms with Crippen LogP contribution in [0.5, 0.6) is 0 Å². The Kier molecular flexibility index (Phi) is 3.12. The third-order valence-corrected chi connectivity index (χ3v) is 4.42. The Labute approximate surface area is 107 Å². The second kappa shape index (κ2) is 4.76. The van der Waals surface area contributed by atoms with Crippen molar-refractivity contribution >= 4 is 5.97 Å². The van der Waals surface area contributed by atoms with Crippen LogP contribution in [0.4, 0.5) is 0 Å². The minimum absolute atomic E-state index is 0.330. The molecule has 3 atom stereocenters. The average molecular weight is 249 g/mol. The SMILES string of the molecule is O=C(O)C1CC2CCCCC2N1Cc1ccco1. The molecule has 1 N–H and O–H groups in total. The van der Waals surface area contributed by atoms with Crippen LogP contribution in [0.1, 0.15) is 37.9 Å². The number of nitrogens with zero attached hydrogens (tertiary/aromatic N) is 1. The van der Waals surface area contributed by atoms with Crippen molar-refractivity contribution < 1.29 is 14.3 Å². The molecule has 98 valence electrons. The highest BCUT2D eigenvalue weighted by Gasteiger charge is 2.45. The molecule has 3 unspecified atom stereocenters. The summed E-state index contributed by atoms with van der Waals surface area (Å²) in [5.41, 5.74) is 0. The Bertz CT molecular complexity index is 415. The number of hydrogen-bond acceptors (Lipinski definition) is 3. The molecule has 18 heavy (non-hydrogen) atoms. The number of fused-ring (bicyclic) bond motifs is 1. The first-order chi connectivity index (χ1) is 8.75. The van der Waals surface area contributed by atoms with Gasteiger partial charge in [-0.3, -0.25) is 9.69 Å². The molecule has 2 heterocycles. The highest BCUT2D eigenvalue weighted by atomic mass is 16.4. The van der Waals surface area contributed by atoms with E-state index in [1.165, 1.54) is 19.3 Å². The van der Waals surface area contributed by atoms with Gasteiger partial charge in [-0.2, -0.15) is 0 Å². The van der Waals surface area contributed by atoms with Gasteiger partial charge in [0.2, 0.25) is 0 Å². The molecule has 1 aromatic rings. The Hall–Kier alpha value is -1.29. The van der Waals surface area contributed by atoms with Crippen LogP contribution in [-0.4, -0.2) is 28.1 Å². The summed E-state index contributed by atoms with van der Waals surface area (Å²) in [6, 6.07) is 3.89. The van der Waals surface area contributed by atoms with Crippen molar-refractivity contribution in [3.63, 3.8) is 0 Å². The van der Waals surface area contributed by atoms with Crippen LogP contribution in [0, 0.1) is 5.92 Å². The van der Waals surface area contributed by atoms with Crippen LogP contribution in [0.3, 0.4) is 0 Å². The molecule has 0 aromatic carbocycles. The fourth-order valence-corrected chi connectivity index (χ4v) is 3.61. The third kappa shape index (κ3) is 2.05. The monoisotopic (exact) mass is 249 g/mol. The van der Waals surface area contributed by atoms with Crippen molar-refractivity contribution in [2.75, 3.05) is 0 Å². The van der Waals surface area contributed by atoms with Gasteiger partial charge in [0.15, 0.2) is 0 Å². The van der Waals surface area contributed by atoms with E-state index in [0.717, 1.165) is 18.6 Å². The van der Waals surface area contributed by atoms with Crippen LogP contribution in [0.2, 0.25) is 0 Å². The first kappa shape index (κ1) is 11.8. The lowest BCUT2D eigenvalue weighted by Crippen LogP contribution is -2.41. The number of rotatable bonds is 3. The van der Waals surface area contributed by atoms with Gasteiger partial charge < -0.3 is 9.52 Å². The van der Waals surface area contributed by atoms with Gasteiger partial charge in [-0.25, -0.2) is 0 Å². The topological polar surface area (TPSA) is 53.7 Å². The first-order valence-corrected chi connectivity index (χ1v) is 6.76. The highest BCUT2D eigenvalue weighted by Crippen LogP contribution is 2.40. The van der Waals surface area contributed by atoms with Gasteiger partial charge in [0.1, 0.15) is 11.8 Å². The van der Waals surface area contributed by atoms with E-state index >= 15 is 0 Å². The lowest BCUT2D eigenvalue weighted by molar-refractivity contribution is -0.143. The van der Waals surface area contributed by atoms with Gasteiger partial charge in [0.05, 0.1) is 12.8 Å². The number of carboxylic acids is 1. The number of carboxylic acid groups (broad SMARTS) is 1. The zero-order valence-electron chi connectivity index (χ0n) is 10.4. The predicted molar refractivity (Wildman–Crippen MR) is 66.0 cm³/mol. The van der Waals surface area contributed by atoms with Gasteiger partial charge >= 0.3 is 5.97 Å². The largest absolute Gasteiger partial charge is 0.480 e. The van der Waals surface area contributed by atoms with Crippen LogP contribution in [0.15, 0.2) is 22.8 Å². The molecule has 1 aromatic heterocycles. The molecular formula is C14H19NO3. The number of carbonyl (C=O) groups is 1. The van der Waals surface area contributed by atoms with Crippen LogP contribution < -0.4 is 0 Å². The van der Waals surface area contributed by atoms with Crippen molar-refractivity contribution in [3.05, 3.63) is 24.2 Å². The molecular weight excluding hydrogens is 230 g/mol. The molecule has 2 aliphatic rings. The van der Waals surface area contributed by atoms with Crippen LogP contribution in [-0.2, 0) is 11.3 Å². The zero-order valence-corrected chi connectivity index (χ0v) is 10.4. The Balaban J connectivity index is 1.80. The van der Waals surface area contributed by atoms with Gasteiger partial charge in [0.25, 0.3) is 0 Å². The van der Waals surface area contributed by atoms with E-state index in [0.29, 0.717) is 18.5 Å². The number of likely N-dealkylation sites (tertiary alicyclic amines) is 1. The maximum absolute atomic E-state index is 11.4. The lowest BCUT2D eigenvalue weighted by Gasteiger charge is -2.32. The second-order valence-electron chi connectivity index (χ2n) is 5.45. The molecule has 1 saturated heterocycles. The summed E-state index contributed by atoms with van der Waals surface area (Å²) in [5.74, 6) is 0.748. The maximum atomic E-state index is 11.4. The minimum atomic E-state index is -0.684. The van der Waals surface area contributed by atoms with E-state index < -0.39 is 5.97 Å². The smallest absolute Gasteiger partial charge is 0.320 e. The Morgan fingerprint density at radius 2 is 2.28 bits per heavy atom. The molecule has 0 spiro atoms. The van der Waals surface area contributed by atoms with Crippen molar-refractivity contribution in [1.29, 1.82) is 0 Å². The zero-order chi connectivity index (χ0) is 12.5. The summed E-state index contributed by atoms with van der Waals surface area (Å²) in [7, 11) is 0. The van der Waals surface area contributed by atoms with E-state index in [4.69, 9.17) is 4.42 Å². The van der Waals surface area contributed by atoms with E-state index in [9.17, 15) is 9.90 Å². The van der Waals surface area contributed by atoms with Crippen molar-refractivity contribution in [3.8, 4) is 0 Å². The van der Waals surface area contributed by atoms with Crippen LogP contribution in [0.25, 0.3) is 0 Å². The molecule has 3 rings (SSSR count). The standard InChI is InChI=1S/C14H19NO3/c16-14(17)13-8-10-4-1-2-6-12(10)15(13)9-11-5-3-7-18-11/h3,5,7,10,12-13H,1-2,4,6,8-9H2,(H,16,17). The quantitative estimate of drug-likeness (QED) is 0.894. The van der Waals surface area contributed by atoms with Gasteiger partial charge in [-0.05, 0) is 37.3 Å². The van der Waals surface area contributed by atoms with Gasteiger partial charge in [-0.15, -0.1) is 0 Å². The second-order valence-corrected chi connectivity index (χ2v) is 5.45. The van der Waals surface area contributed by atoms with E-state index in [-0.39, 0.29) is 6.04 Å². The molecule has 0 radical (unpaired) electrons. The van der Waals surface area contributed by atoms with E-state index in [1.54, 1.807) is 6.26 Å². The Morgan fingerprint density at radius 1 is 1.44 bits per heavy atom. The summed E-state index contributed by atoms with van der Waals surface area (Å²) in [5, 5.41) is 9.39. The fraction of sp³-hybridized carbons (Fsp3) is 0.643. The summed E-state index contributed by atoms with van der Waals surface area (Å²) in [4.78, 5) is 13.6. The maximum Gasteiger partial charge on any atom is 0.320 e. The third-order valence-electron chi connectivity index (χ3n) is 4.42. The van der Waals surface area contributed by atoms with Crippen molar-refractivity contribution in [2.24, 2.45) is 5.92 Å². The molecule has 1 aliphatic heterocycles. The van der Waals surface area contributed by atoms with E-state index in [1.807, 2.05) is 12.1 Å². The predicted octanol–water partition coefficient (Wildman–Crippen LogP) is 2.50. The first-order valence-electron chi connectivity index (χ1n) is 6.76. The lowest BCUT2D eigenvalue weighted by atomic mass is 9.85.